The van der Waals surface area contributed by atoms with Crippen molar-refractivity contribution in [2.45, 2.75) is 55.4 Å². The van der Waals surface area contributed by atoms with E-state index in [0.717, 1.165) is 22.7 Å². The quantitative estimate of drug-likeness (QED) is 0.203. The highest BCUT2D eigenvalue weighted by atomic mass is 32.1. The Morgan fingerprint density at radius 2 is 1.00 bits per heavy atom. The van der Waals surface area contributed by atoms with Gasteiger partial charge in [-0.05, 0) is 78.6 Å². The number of rotatable bonds is 14. The van der Waals surface area contributed by atoms with Gasteiger partial charge in [0.25, 0.3) is 23.6 Å². The summed E-state index contributed by atoms with van der Waals surface area (Å²) < 4.78 is 10.4. The summed E-state index contributed by atoms with van der Waals surface area (Å²) in [5.41, 5.74) is 0.600. The first-order chi connectivity index (χ1) is 22.9. The molecule has 48 heavy (non-hydrogen) atoms. The van der Waals surface area contributed by atoms with Crippen LogP contribution in [0.15, 0.2) is 18.2 Å². The molecule has 0 fully saturated rings. The third-order valence-corrected chi connectivity index (χ3v) is 9.80. The minimum atomic E-state index is -0.732. The van der Waals surface area contributed by atoms with Gasteiger partial charge in [0, 0.05) is 26.2 Å². The Balaban J connectivity index is 1.96. The number of pyridine rings is 1. The van der Waals surface area contributed by atoms with Gasteiger partial charge in [-0.2, -0.15) is 0 Å². The minimum Gasteiger partial charge on any atom is -0.462 e. The third kappa shape index (κ3) is 8.08. The average Bonchev–Trinajstić information content (AvgIpc) is 3.57. The number of nitrogens with zero attached hydrogens (tertiary/aromatic N) is 3. The van der Waals surface area contributed by atoms with Gasteiger partial charge in [-0.15, -0.1) is 22.7 Å². The summed E-state index contributed by atoms with van der Waals surface area (Å²) in [4.78, 5) is 87.1. The molecule has 3 rings (SSSR count). The molecule has 3 heterocycles. The Labute approximate surface area is 287 Å². The lowest BCUT2D eigenvalue weighted by atomic mass is 10.1. The van der Waals surface area contributed by atoms with Crippen LogP contribution in [0.3, 0.4) is 0 Å². The second-order valence-electron chi connectivity index (χ2n) is 10.2. The predicted molar refractivity (Wildman–Crippen MR) is 185 cm³/mol. The maximum atomic E-state index is 13.4. The van der Waals surface area contributed by atoms with Crippen LogP contribution in [0.5, 0.6) is 0 Å². The van der Waals surface area contributed by atoms with Gasteiger partial charge >= 0.3 is 11.9 Å². The fourth-order valence-corrected chi connectivity index (χ4v) is 7.16. The zero-order valence-electron chi connectivity index (χ0n) is 28.4. The van der Waals surface area contributed by atoms with Crippen LogP contribution >= 0.6 is 22.7 Å². The van der Waals surface area contributed by atoms with Crippen molar-refractivity contribution in [2.24, 2.45) is 0 Å². The summed E-state index contributed by atoms with van der Waals surface area (Å²) >= 11 is 1.92. The Bertz CT molecular complexity index is 1590. The molecular formula is C33H41N5O8S2. The van der Waals surface area contributed by atoms with Crippen molar-refractivity contribution < 1.29 is 38.2 Å². The molecule has 15 heteroatoms. The lowest BCUT2D eigenvalue weighted by Crippen LogP contribution is -2.30. The number of nitrogens with one attached hydrogen (secondary N) is 2. The van der Waals surface area contributed by atoms with Gasteiger partial charge in [0.1, 0.15) is 21.4 Å². The number of carbonyl (C=O) groups excluding carboxylic acids is 6. The van der Waals surface area contributed by atoms with Gasteiger partial charge in [-0.3, -0.25) is 19.2 Å². The molecule has 0 aliphatic carbocycles. The topological polar surface area (TPSA) is 164 Å². The molecule has 0 saturated carbocycles. The molecule has 0 atom stereocenters. The lowest BCUT2D eigenvalue weighted by Gasteiger charge is -2.18. The second kappa shape index (κ2) is 17.0. The summed E-state index contributed by atoms with van der Waals surface area (Å²) in [6.45, 7) is 15.9. The van der Waals surface area contributed by atoms with E-state index in [9.17, 15) is 28.8 Å². The summed E-state index contributed by atoms with van der Waals surface area (Å²) in [5.74, 6) is -3.40. The molecule has 0 radical (unpaired) electrons. The van der Waals surface area contributed by atoms with Crippen molar-refractivity contribution in [1.29, 1.82) is 0 Å². The zero-order valence-corrected chi connectivity index (χ0v) is 30.0. The van der Waals surface area contributed by atoms with Gasteiger partial charge in [0.2, 0.25) is 0 Å². The molecule has 0 spiro atoms. The summed E-state index contributed by atoms with van der Waals surface area (Å²) in [6.07, 6.45) is 0. The Kier molecular flexibility index (Phi) is 13.4. The first-order valence-corrected chi connectivity index (χ1v) is 17.3. The van der Waals surface area contributed by atoms with Crippen molar-refractivity contribution in [3.05, 3.63) is 61.6 Å². The average molecular weight is 700 g/mol. The zero-order chi connectivity index (χ0) is 35.7. The van der Waals surface area contributed by atoms with Crippen molar-refractivity contribution in [3.8, 4) is 0 Å². The van der Waals surface area contributed by atoms with E-state index in [1.54, 1.807) is 37.5 Å². The lowest BCUT2D eigenvalue weighted by molar-refractivity contribution is 0.0517. The van der Waals surface area contributed by atoms with E-state index in [2.05, 4.69) is 15.6 Å². The molecule has 0 bridgehead atoms. The smallest absolute Gasteiger partial charge is 0.341 e. The summed E-state index contributed by atoms with van der Waals surface area (Å²) in [6, 6.07) is 4.23. The van der Waals surface area contributed by atoms with Gasteiger partial charge in [-0.1, -0.05) is 6.07 Å². The molecule has 2 N–H and O–H groups in total. The number of carbonyl (C=O) groups is 6. The molecule has 4 amide bonds. The fraction of sp³-hybridized carbons (Fsp3) is 0.424. The van der Waals surface area contributed by atoms with Crippen LogP contribution in [0.4, 0.5) is 10.0 Å². The van der Waals surface area contributed by atoms with Crippen LogP contribution in [0.1, 0.15) is 114 Å². The van der Waals surface area contributed by atoms with Crippen LogP contribution in [0, 0.1) is 13.8 Å². The van der Waals surface area contributed by atoms with Crippen molar-refractivity contribution >= 4 is 68.2 Å². The van der Waals surface area contributed by atoms with E-state index in [4.69, 9.17) is 9.47 Å². The second-order valence-corrected chi connectivity index (χ2v) is 12.3. The SMILES string of the molecule is CCOC(=O)c1c(NC(=O)c2cccc(C(=O)Nc3sc(C(=O)N(CC)CC)c(C)c3C(=O)OCC)n2)sc(C(=O)N(CC)CC)c1C. The molecule has 13 nitrogen and oxygen atoms in total. The van der Waals surface area contributed by atoms with Crippen LogP contribution in [-0.4, -0.2) is 89.7 Å². The largest absolute Gasteiger partial charge is 0.462 e. The molecule has 0 aliphatic heterocycles. The number of thiophene rings is 2. The standard InChI is InChI=1S/C33H41N5O8S2/c1-9-37(10-2)30(41)24-18(7)22(32(43)45-13-5)28(47-24)35-26(39)20-16-15-17-21(34-20)27(40)36-29-23(33(44)46-14-6)19(8)25(48-29)31(42)38(11-3)12-4/h15-17H,9-14H2,1-8H3,(H,35,39)(H,36,40). The minimum absolute atomic E-state index is 0.0641. The number of amides is 4. The third-order valence-electron chi connectivity index (χ3n) is 7.41. The summed E-state index contributed by atoms with van der Waals surface area (Å²) in [7, 11) is 0. The summed E-state index contributed by atoms with van der Waals surface area (Å²) in [5, 5.41) is 5.56. The molecule has 0 saturated heterocycles. The van der Waals surface area contributed by atoms with Crippen LogP contribution in [-0.2, 0) is 9.47 Å². The number of ether oxygens (including phenoxy) is 2. The highest BCUT2D eigenvalue weighted by Crippen LogP contribution is 2.36. The van der Waals surface area contributed by atoms with E-state index < -0.39 is 23.8 Å². The van der Waals surface area contributed by atoms with Crippen molar-refractivity contribution in [2.75, 3.05) is 50.0 Å². The highest BCUT2D eigenvalue weighted by molar-refractivity contribution is 7.19. The van der Waals surface area contributed by atoms with Gasteiger partial charge in [0.05, 0.1) is 34.1 Å². The molecule has 0 unspecified atom stereocenters. The molecule has 0 aliphatic rings. The Morgan fingerprint density at radius 1 is 0.646 bits per heavy atom. The maximum Gasteiger partial charge on any atom is 0.341 e. The molecule has 3 aromatic heterocycles. The van der Waals surface area contributed by atoms with E-state index in [0.29, 0.717) is 47.1 Å². The number of hydrogen-bond acceptors (Lipinski definition) is 11. The van der Waals surface area contributed by atoms with Gasteiger partial charge in [0.15, 0.2) is 0 Å². The Morgan fingerprint density at radius 3 is 1.31 bits per heavy atom. The molecular weight excluding hydrogens is 659 g/mol. The highest BCUT2D eigenvalue weighted by Gasteiger charge is 2.30. The predicted octanol–water partition coefficient (Wildman–Crippen LogP) is 5.64. The van der Waals surface area contributed by atoms with E-state index in [1.165, 1.54) is 18.2 Å². The Hall–Kier alpha value is -4.63. The van der Waals surface area contributed by atoms with Crippen molar-refractivity contribution in [1.82, 2.24) is 14.8 Å². The fourth-order valence-electron chi connectivity index (χ4n) is 4.84. The molecule has 3 aromatic rings. The number of anilines is 2. The first kappa shape index (κ1) is 37.8. The van der Waals surface area contributed by atoms with Gasteiger partial charge in [-0.25, -0.2) is 14.6 Å². The maximum absolute atomic E-state index is 13.4. The van der Waals surface area contributed by atoms with Gasteiger partial charge < -0.3 is 29.9 Å². The van der Waals surface area contributed by atoms with E-state index >= 15 is 0 Å². The van der Waals surface area contributed by atoms with E-state index in [-0.39, 0.29) is 57.5 Å². The van der Waals surface area contributed by atoms with Crippen LogP contribution in [0.25, 0.3) is 0 Å². The molecule has 258 valence electrons. The van der Waals surface area contributed by atoms with E-state index in [1.807, 2.05) is 27.7 Å². The van der Waals surface area contributed by atoms with Crippen LogP contribution in [0.2, 0.25) is 0 Å². The monoisotopic (exact) mass is 699 g/mol. The van der Waals surface area contributed by atoms with Crippen LogP contribution < -0.4 is 10.6 Å². The molecule has 0 aromatic carbocycles. The normalized spacial score (nSPS) is 10.7. The number of esters is 2. The first-order valence-electron chi connectivity index (χ1n) is 15.7. The number of hydrogen-bond donors (Lipinski definition) is 2. The van der Waals surface area contributed by atoms with Crippen molar-refractivity contribution in [3.63, 3.8) is 0 Å². The number of aromatic nitrogens is 1.